The van der Waals surface area contributed by atoms with Crippen LogP contribution in [0.15, 0.2) is 77.7 Å². The Kier molecular flexibility index (Phi) is 6.64. The number of sulfonamides is 1. The summed E-state index contributed by atoms with van der Waals surface area (Å²) in [7, 11) is -3.74. The van der Waals surface area contributed by atoms with Crippen LogP contribution in [0.2, 0.25) is 5.02 Å². The molecule has 3 rings (SSSR count). The molecule has 6 nitrogen and oxygen atoms in total. The number of carbonyl (C=O) groups excluding carboxylic acids is 1. The molecule has 0 aliphatic carbocycles. The zero-order chi connectivity index (χ0) is 21.7. The highest BCUT2D eigenvalue weighted by molar-refractivity contribution is 7.92. The lowest BCUT2D eigenvalue weighted by Crippen LogP contribution is -2.30. The highest BCUT2D eigenvalue weighted by atomic mass is 35.5. The smallest absolute Gasteiger partial charge is 0.265 e. The molecule has 1 atom stereocenters. The van der Waals surface area contributed by atoms with Crippen molar-refractivity contribution in [3.05, 3.63) is 83.4 Å². The van der Waals surface area contributed by atoms with Gasteiger partial charge in [-0.1, -0.05) is 35.9 Å². The van der Waals surface area contributed by atoms with Crippen LogP contribution in [-0.4, -0.2) is 20.4 Å². The van der Waals surface area contributed by atoms with Gasteiger partial charge < -0.3 is 10.1 Å². The van der Waals surface area contributed by atoms with Crippen molar-refractivity contribution in [2.75, 3.05) is 10.0 Å². The number of halogens is 1. The summed E-state index contributed by atoms with van der Waals surface area (Å²) in [5.41, 5.74) is 1.79. The van der Waals surface area contributed by atoms with Gasteiger partial charge in [0.25, 0.3) is 15.9 Å². The van der Waals surface area contributed by atoms with Crippen LogP contribution in [-0.2, 0) is 14.8 Å². The van der Waals surface area contributed by atoms with Crippen LogP contribution >= 0.6 is 11.6 Å². The summed E-state index contributed by atoms with van der Waals surface area (Å²) >= 11 is 5.91. The molecular weight excluding hydrogens is 424 g/mol. The number of hydrogen-bond donors (Lipinski definition) is 2. The van der Waals surface area contributed by atoms with E-state index < -0.39 is 16.1 Å². The van der Waals surface area contributed by atoms with Crippen LogP contribution in [0.3, 0.4) is 0 Å². The molecule has 1 amide bonds. The first-order chi connectivity index (χ1) is 14.2. The fourth-order valence-corrected chi connectivity index (χ4v) is 3.96. The number of ether oxygens (including phenoxy) is 1. The molecule has 30 heavy (non-hydrogen) atoms. The fraction of sp³-hybridized carbons (Fsp3) is 0.136. The van der Waals surface area contributed by atoms with Gasteiger partial charge in [0.2, 0.25) is 0 Å². The highest BCUT2D eigenvalue weighted by Crippen LogP contribution is 2.21. The highest BCUT2D eigenvalue weighted by Gasteiger charge is 2.17. The maximum absolute atomic E-state index is 12.6. The summed E-state index contributed by atoms with van der Waals surface area (Å²) < 4.78 is 33.3. The number of hydrogen-bond acceptors (Lipinski definition) is 4. The summed E-state index contributed by atoms with van der Waals surface area (Å²) in [6, 6.07) is 19.8. The molecule has 3 aromatic carbocycles. The Morgan fingerprint density at radius 3 is 2.37 bits per heavy atom. The third-order valence-electron chi connectivity index (χ3n) is 4.30. The molecule has 1 unspecified atom stereocenters. The number of para-hydroxylation sites is 1. The summed E-state index contributed by atoms with van der Waals surface area (Å²) in [5.74, 6) is 0.109. The monoisotopic (exact) mass is 444 g/mol. The lowest BCUT2D eigenvalue weighted by atomic mass is 10.2. The first kappa shape index (κ1) is 21.7. The van der Waals surface area contributed by atoms with Crippen LogP contribution in [0.4, 0.5) is 11.4 Å². The lowest BCUT2D eigenvalue weighted by molar-refractivity contribution is -0.122. The number of nitrogens with one attached hydrogen (secondary N) is 2. The van der Waals surface area contributed by atoms with Crippen LogP contribution in [0.1, 0.15) is 12.5 Å². The zero-order valence-electron chi connectivity index (χ0n) is 16.4. The van der Waals surface area contributed by atoms with E-state index in [2.05, 4.69) is 10.0 Å². The normalized spacial score (nSPS) is 12.1. The van der Waals surface area contributed by atoms with Crippen molar-refractivity contribution in [2.24, 2.45) is 0 Å². The molecule has 8 heteroatoms. The van der Waals surface area contributed by atoms with Gasteiger partial charge >= 0.3 is 0 Å². The Bertz CT molecular complexity index is 1150. The quantitative estimate of drug-likeness (QED) is 0.545. The van der Waals surface area contributed by atoms with Gasteiger partial charge in [0, 0.05) is 10.7 Å². The number of carbonyl (C=O) groups is 1. The Labute approximate surface area is 180 Å². The maximum atomic E-state index is 12.6. The molecule has 156 valence electrons. The van der Waals surface area contributed by atoms with E-state index >= 15 is 0 Å². The molecular formula is C22H21ClN2O4S. The third-order valence-corrected chi connectivity index (χ3v) is 5.92. The second-order valence-electron chi connectivity index (χ2n) is 6.65. The van der Waals surface area contributed by atoms with Gasteiger partial charge in [-0.2, -0.15) is 0 Å². The van der Waals surface area contributed by atoms with Gasteiger partial charge in [0.15, 0.2) is 6.10 Å². The molecule has 0 saturated carbocycles. The minimum Gasteiger partial charge on any atom is -0.481 e. The average Bonchev–Trinajstić information content (AvgIpc) is 2.70. The molecule has 0 aliphatic heterocycles. The van der Waals surface area contributed by atoms with Gasteiger partial charge in [0.1, 0.15) is 5.75 Å². The van der Waals surface area contributed by atoms with Crippen LogP contribution in [0.25, 0.3) is 0 Å². The SMILES string of the molecule is Cc1ccccc1NS(=O)(=O)c1ccc(NC(=O)C(C)Oc2cccc(Cl)c2)cc1. The van der Waals surface area contributed by atoms with Crippen molar-refractivity contribution >= 4 is 38.9 Å². The van der Waals surface area contributed by atoms with Crippen molar-refractivity contribution in [1.82, 2.24) is 0 Å². The first-order valence-corrected chi connectivity index (χ1v) is 11.0. The molecule has 3 aromatic rings. The van der Waals surface area contributed by atoms with Crippen molar-refractivity contribution in [2.45, 2.75) is 24.8 Å². The van der Waals surface area contributed by atoms with Crippen LogP contribution in [0.5, 0.6) is 5.75 Å². The predicted octanol–water partition coefficient (Wildman–Crippen LogP) is 4.86. The molecule has 0 aromatic heterocycles. The summed E-state index contributed by atoms with van der Waals surface area (Å²) in [4.78, 5) is 12.5. The van der Waals surface area contributed by atoms with Gasteiger partial charge in [0.05, 0.1) is 10.6 Å². The molecule has 0 saturated heterocycles. The van der Waals surface area contributed by atoms with E-state index in [1.807, 2.05) is 19.1 Å². The van der Waals surface area contributed by atoms with Crippen LogP contribution < -0.4 is 14.8 Å². The van der Waals surface area contributed by atoms with E-state index in [1.165, 1.54) is 24.3 Å². The van der Waals surface area contributed by atoms with Gasteiger partial charge in [-0.15, -0.1) is 0 Å². The first-order valence-electron chi connectivity index (χ1n) is 9.16. The molecule has 0 radical (unpaired) electrons. The molecule has 2 N–H and O–H groups in total. The van der Waals surface area contributed by atoms with E-state index in [4.69, 9.17) is 16.3 Å². The van der Waals surface area contributed by atoms with E-state index in [0.717, 1.165) is 5.56 Å². The van der Waals surface area contributed by atoms with Crippen molar-refractivity contribution in [1.29, 1.82) is 0 Å². The minimum absolute atomic E-state index is 0.0898. The molecule has 0 aliphatic rings. The zero-order valence-corrected chi connectivity index (χ0v) is 18.0. The number of aryl methyl sites for hydroxylation is 1. The Morgan fingerprint density at radius 2 is 1.70 bits per heavy atom. The minimum atomic E-state index is -3.74. The van der Waals surface area contributed by atoms with Gasteiger partial charge in [-0.3, -0.25) is 9.52 Å². The second kappa shape index (κ2) is 9.19. The lowest BCUT2D eigenvalue weighted by Gasteiger charge is -2.15. The predicted molar refractivity (Wildman–Crippen MR) is 119 cm³/mol. The number of anilines is 2. The Morgan fingerprint density at radius 1 is 1.00 bits per heavy atom. The van der Waals surface area contributed by atoms with E-state index in [1.54, 1.807) is 43.3 Å². The maximum Gasteiger partial charge on any atom is 0.265 e. The van der Waals surface area contributed by atoms with E-state index in [-0.39, 0.29) is 10.8 Å². The Balaban J connectivity index is 1.65. The third kappa shape index (κ3) is 5.52. The Hall–Kier alpha value is -3.03. The number of amides is 1. The largest absolute Gasteiger partial charge is 0.481 e. The van der Waals surface area contributed by atoms with Gasteiger partial charge in [-0.25, -0.2) is 8.42 Å². The molecule has 0 bridgehead atoms. The van der Waals surface area contributed by atoms with E-state index in [0.29, 0.717) is 22.1 Å². The summed E-state index contributed by atoms with van der Waals surface area (Å²) in [5, 5.41) is 3.21. The van der Waals surface area contributed by atoms with Crippen molar-refractivity contribution < 1.29 is 17.9 Å². The summed E-state index contributed by atoms with van der Waals surface area (Å²) in [6.07, 6.45) is -0.769. The van der Waals surface area contributed by atoms with Crippen LogP contribution in [0, 0.1) is 6.92 Å². The molecule has 0 fully saturated rings. The second-order valence-corrected chi connectivity index (χ2v) is 8.77. The van der Waals surface area contributed by atoms with Gasteiger partial charge in [-0.05, 0) is 67.9 Å². The topological polar surface area (TPSA) is 84.5 Å². The van der Waals surface area contributed by atoms with Crippen molar-refractivity contribution in [3.8, 4) is 5.75 Å². The summed E-state index contributed by atoms with van der Waals surface area (Å²) in [6.45, 7) is 3.43. The fourth-order valence-electron chi connectivity index (χ4n) is 2.65. The molecule has 0 spiro atoms. The average molecular weight is 445 g/mol. The van der Waals surface area contributed by atoms with Crippen molar-refractivity contribution in [3.63, 3.8) is 0 Å². The standard InChI is InChI=1S/C22H21ClN2O4S/c1-15-6-3-4-9-21(15)25-30(27,28)20-12-10-18(11-13-20)24-22(26)16(2)29-19-8-5-7-17(23)14-19/h3-14,16,25H,1-2H3,(H,24,26). The van der Waals surface area contributed by atoms with E-state index in [9.17, 15) is 13.2 Å². The molecule has 0 heterocycles. The number of benzene rings is 3. The number of rotatable bonds is 7.